The first-order chi connectivity index (χ1) is 20.8. The Morgan fingerprint density at radius 1 is 1.02 bits per heavy atom. The number of thioether (sulfide) groups is 1. The predicted molar refractivity (Wildman–Crippen MR) is 167 cm³/mol. The molecule has 9 nitrogen and oxygen atoms in total. The molecule has 0 spiro atoms. The predicted octanol–water partition coefficient (Wildman–Crippen LogP) is 6.69. The second-order valence-corrected chi connectivity index (χ2v) is 11.8. The summed E-state index contributed by atoms with van der Waals surface area (Å²) in [4.78, 5) is 28.5. The second kappa shape index (κ2) is 13.3. The maximum absolute atomic E-state index is 13.6. The quantitative estimate of drug-likeness (QED) is 0.109. The summed E-state index contributed by atoms with van der Waals surface area (Å²) in [5, 5.41) is 20.5. The summed E-state index contributed by atoms with van der Waals surface area (Å²) in [5.41, 5.74) is 2.15. The fraction of sp³-hybridized carbons (Fsp3) is 0.161. The van der Waals surface area contributed by atoms with Crippen molar-refractivity contribution < 1.29 is 28.9 Å². The van der Waals surface area contributed by atoms with Gasteiger partial charge in [0.05, 0.1) is 32.9 Å². The van der Waals surface area contributed by atoms with Crippen molar-refractivity contribution in [2.75, 3.05) is 26.2 Å². The zero-order valence-electron chi connectivity index (χ0n) is 23.3. The lowest BCUT2D eigenvalue weighted by atomic mass is 9.95. The van der Waals surface area contributed by atoms with Crippen LogP contribution in [0.3, 0.4) is 0 Å². The number of carbonyl (C=O) groups excluding carboxylic acids is 2. The number of ketones is 1. The van der Waals surface area contributed by atoms with Crippen LogP contribution in [0.25, 0.3) is 6.08 Å². The largest absolute Gasteiger partial charge is 0.503 e. The Hall–Kier alpha value is -4.32. The molecule has 220 valence electrons. The highest BCUT2D eigenvalue weighted by molar-refractivity contribution is 8.00. The number of aromatic nitrogens is 2. The Bertz CT molecular complexity index is 1680. The van der Waals surface area contributed by atoms with Crippen molar-refractivity contribution in [2.24, 2.45) is 0 Å². The number of methoxy groups -OCH3 is 3. The Morgan fingerprint density at radius 2 is 1.70 bits per heavy atom. The zero-order valence-corrected chi connectivity index (χ0v) is 25.7. The minimum absolute atomic E-state index is 0.114. The summed E-state index contributed by atoms with van der Waals surface area (Å²) < 4.78 is 17.1. The fourth-order valence-corrected chi connectivity index (χ4v) is 6.49. The lowest BCUT2D eigenvalue weighted by molar-refractivity contribution is -0.117. The third-order valence-corrected chi connectivity index (χ3v) is 8.96. The molecule has 43 heavy (non-hydrogen) atoms. The number of aliphatic hydroxyl groups is 1. The van der Waals surface area contributed by atoms with Crippen LogP contribution < -0.4 is 19.1 Å². The normalized spacial score (nSPS) is 14.9. The van der Waals surface area contributed by atoms with Gasteiger partial charge in [-0.1, -0.05) is 83.2 Å². The maximum atomic E-state index is 13.6. The molecule has 2 heterocycles. The molecule has 1 unspecified atom stereocenters. The second-order valence-electron chi connectivity index (χ2n) is 9.17. The van der Waals surface area contributed by atoms with Gasteiger partial charge < -0.3 is 19.3 Å². The number of hydrogen-bond donors (Lipinski definition) is 1. The number of benzene rings is 3. The summed E-state index contributed by atoms with van der Waals surface area (Å²) in [7, 11) is 4.41. The molecule has 0 bridgehead atoms. The van der Waals surface area contributed by atoms with E-state index in [1.54, 1.807) is 18.2 Å². The molecular weight excluding hydrogens is 610 g/mol. The standard InChI is InChI=1S/C31H26ClN3O6S2/c1-39-23-15-20(16-24(40-2)28(23)41-3)26-25(22(36)14-11-18-7-5-4-6-8-18)27(37)29(38)35(26)30-33-34-31(43-30)42-17-19-9-12-21(32)13-10-19/h4-16,26,37H,17H2,1-3H3. The molecule has 4 aromatic rings. The lowest BCUT2D eigenvalue weighted by Gasteiger charge is -2.25. The Balaban J connectivity index is 1.54. The zero-order chi connectivity index (χ0) is 30.5. The van der Waals surface area contributed by atoms with Crippen molar-refractivity contribution in [3.63, 3.8) is 0 Å². The molecule has 0 aliphatic carbocycles. The van der Waals surface area contributed by atoms with Gasteiger partial charge in [-0.25, -0.2) is 0 Å². The van der Waals surface area contributed by atoms with Crippen LogP contribution in [0.2, 0.25) is 5.02 Å². The molecule has 1 N–H and O–H groups in total. The average molecular weight is 636 g/mol. The third kappa shape index (κ3) is 6.38. The molecule has 1 amide bonds. The molecule has 1 aliphatic rings. The molecule has 0 saturated carbocycles. The molecule has 12 heteroatoms. The van der Waals surface area contributed by atoms with Crippen molar-refractivity contribution in [1.29, 1.82) is 0 Å². The molecule has 0 radical (unpaired) electrons. The van der Waals surface area contributed by atoms with E-state index >= 15 is 0 Å². The van der Waals surface area contributed by atoms with E-state index in [1.807, 2.05) is 54.6 Å². The Labute approximate surface area is 261 Å². The van der Waals surface area contributed by atoms with E-state index in [0.717, 1.165) is 11.1 Å². The number of carbonyl (C=O) groups is 2. The molecule has 0 saturated heterocycles. The van der Waals surface area contributed by atoms with E-state index in [4.69, 9.17) is 25.8 Å². The van der Waals surface area contributed by atoms with Gasteiger partial charge in [0.1, 0.15) is 0 Å². The monoisotopic (exact) mass is 635 g/mol. The minimum atomic E-state index is -1.06. The van der Waals surface area contributed by atoms with Crippen LogP contribution in [0, 0.1) is 0 Å². The number of anilines is 1. The number of hydrogen-bond acceptors (Lipinski definition) is 10. The molecular formula is C31H26ClN3O6S2. The number of aliphatic hydroxyl groups excluding tert-OH is 1. The van der Waals surface area contributed by atoms with Gasteiger partial charge in [-0.05, 0) is 47.0 Å². The van der Waals surface area contributed by atoms with Gasteiger partial charge in [0.2, 0.25) is 10.9 Å². The molecule has 0 fully saturated rings. The van der Waals surface area contributed by atoms with Crippen LogP contribution in [0.1, 0.15) is 22.7 Å². The van der Waals surface area contributed by atoms with Crippen molar-refractivity contribution in [2.45, 2.75) is 16.1 Å². The smallest absolute Gasteiger partial charge is 0.296 e. The number of allylic oxidation sites excluding steroid dienone is 1. The van der Waals surface area contributed by atoms with Crippen LogP contribution in [0.4, 0.5) is 5.13 Å². The number of halogens is 1. The van der Waals surface area contributed by atoms with Crippen LogP contribution in [0.5, 0.6) is 17.2 Å². The third-order valence-electron chi connectivity index (χ3n) is 6.58. The Kier molecular flexibility index (Phi) is 9.34. The van der Waals surface area contributed by atoms with E-state index in [1.165, 1.54) is 55.4 Å². The highest BCUT2D eigenvalue weighted by Crippen LogP contribution is 2.47. The van der Waals surface area contributed by atoms with Crippen molar-refractivity contribution in [3.05, 3.63) is 106 Å². The van der Waals surface area contributed by atoms with E-state index < -0.39 is 23.5 Å². The van der Waals surface area contributed by atoms with Gasteiger partial charge in [-0.3, -0.25) is 14.5 Å². The molecule has 5 rings (SSSR count). The first kappa shape index (κ1) is 30.1. The SMILES string of the molecule is COc1cc(C2C(C(=O)C=Cc3ccccc3)=C(O)C(=O)N2c2nnc(SCc3ccc(Cl)cc3)s2)cc(OC)c1OC. The van der Waals surface area contributed by atoms with E-state index in [2.05, 4.69) is 10.2 Å². The molecule has 1 aliphatic heterocycles. The molecule has 1 atom stereocenters. The van der Waals surface area contributed by atoms with Crippen molar-refractivity contribution in [3.8, 4) is 17.2 Å². The van der Waals surface area contributed by atoms with Crippen molar-refractivity contribution >= 4 is 57.6 Å². The number of nitrogens with zero attached hydrogens (tertiary/aromatic N) is 3. The highest BCUT2D eigenvalue weighted by atomic mass is 35.5. The summed E-state index contributed by atoms with van der Waals surface area (Å²) in [6, 6.07) is 18.9. The topological polar surface area (TPSA) is 111 Å². The van der Waals surface area contributed by atoms with Gasteiger partial charge >= 0.3 is 0 Å². The first-order valence-corrected chi connectivity index (χ1v) is 15.1. The van der Waals surface area contributed by atoms with Gasteiger partial charge in [0.25, 0.3) is 5.91 Å². The molecule has 3 aromatic carbocycles. The van der Waals surface area contributed by atoms with Crippen molar-refractivity contribution in [1.82, 2.24) is 10.2 Å². The number of rotatable bonds is 11. The summed E-state index contributed by atoms with van der Waals surface area (Å²) in [6.07, 6.45) is 2.95. The van der Waals surface area contributed by atoms with Crippen LogP contribution >= 0.6 is 34.7 Å². The van der Waals surface area contributed by atoms with E-state index in [-0.39, 0.29) is 10.7 Å². The van der Waals surface area contributed by atoms with Gasteiger partial charge in [-0.2, -0.15) is 0 Å². The minimum Gasteiger partial charge on any atom is -0.503 e. The first-order valence-electron chi connectivity index (χ1n) is 12.9. The van der Waals surface area contributed by atoms with Crippen LogP contribution in [-0.2, 0) is 15.3 Å². The van der Waals surface area contributed by atoms with Crippen LogP contribution in [-0.4, -0.2) is 48.3 Å². The molecule has 1 aromatic heterocycles. The lowest BCUT2D eigenvalue weighted by Crippen LogP contribution is -2.31. The number of ether oxygens (including phenoxy) is 3. The number of amides is 1. The van der Waals surface area contributed by atoms with Gasteiger partial charge in [0.15, 0.2) is 27.4 Å². The van der Waals surface area contributed by atoms with Crippen LogP contribution in [0.15, 0.2) is 88.5 Å². The summed E-state index contributed by atoms with van der Waals surface area (Å²) >= 11 is 8.61. The summed E-state index contributed by atoms with van der Waals surface area (Å²) in [6.45, 7) is 0. The summed E-state index contributed by atoms with van der Waals surface area (Å²) in [5.74, 6) is -0.414. The average Bonchev–Trinajstić information content (AvgIpc) is 3.60. The Morgan fingerprint density at radius 3 is 2.33 bits per heavy atom. The fourth-order valence-electron chi connectivity index (χ4n) is 4.54. The van der Waals surface area contributed by atoms with E-state index in [9.17, 15) is 14.7 Å². The van der Waals surface area contributed by atoms with Gasteiger partial charge in [-0.15, -0.1) is 10.2 Å². The highest BCUT2D eigenvalue weighted by Gasteiger charge is 2.46. The van der Waals surface area contributed by atoms with E-state index in [0.29, 0.717) is 37.9 Å². The maximum Gasteiger partial charge on any atom is 0.296 e. The van der Waals surface area contributed by atoms with Gasteiger partial charge in [0, 0.05) is 10.8 Å².